The summed E-state index contributed by atoms with van der Waals surface area (Å²) in [6.45, 7) is 0.0566. The smallest absolute Gasteiger partial charge is 0.262 e. The average Bonchev–Trinajstić information content (AvgIpc) is 2.17. The Balaban J connectivity index is 2.36. The molecule has 0 atom stereocenters. The van der Waals surface area contributed by atoms with Crippen molar-refractivity contribution in [2.75, 3.05) is 17.3 Å². The summed E-state index contributed by atoms with van der Waals surface area (Å²) >= 11 is 0. The molecule has 0 unspecified atom stereocenters. The van der Waals surface area contributed by atoms with Gasteiger partial charge in [0.25, 0.3) is 5.91 Å². The highest BCUT2D eigenvalue weighted by molar-refractivity contribution is 5.95. The van der Waals surface area contributed by atoms with E-state index in [-0.39, 0.29) is 12.5 Å². The highest BCUT2D eigenvalue weighted by atomic mass is 16.5. The first-order chi connectivity index (χ1) is 6.29. The maximum Gasteiger partial charge on any atom is 0.262 e. The number of benzene rings is 1. The molecule has 0 saturated heterocycles. The van der Waals surface area contributed by atoms with E-state index in [9.17, 15) is 4.79 Å². The molecule has 0 saturated carbocycles. The van der Waals surface area contributed by atoms with Gasteiger partial charge in [-0.1, -0.05) is 0 Å². The van der Waals surface area contributed by atoms with Crippen molar-refractivity contribution in [2.45, 2.75) is 0 Å². The second-order valence-electron chi connectivity index (χ2n) is 2.69. The second-order valence-corrected chi connectivity index (χ2v) is 2.69. The summed E-state index contributed by atoms with van der Waals surface area (Å²) in [4.78, 5) is 10.9. The van der Waals surface area contributed by atoms with Crippen LogP contribution in [0.15, 0.2) is 18.2 Å². The summed E-state index contributed by atoms with van der Waals surface area (Å²) in [5.74, 6) is 5.71. The molecule has 0 spiro atoms. The molecule has 13 heavy (non-hydrogen) atoms. The zero-order valence-corrected chi connectivity index (χ0v) is 6.83. The summed E-state index contributed by atoms with van der Waals surface area (Å²) < 4.78 is 5.17. The Kier molecular flexibility index (Phi) is 1.79. The van der Waals surface area contributed by atoms with Crippen molar-refractivity contribution in [3.05, 3.63) is 18.2 Å². The molecule has 0 fully saturated rings. The number of anilines is 2. The molecule has 0 radical (unpaired) electrons. The van der Waals surface area contributed by atoms with E-state index < -0.39 is 0 Å². The molecular weight excluding hydrogens is 170 g/mol. The van der Waals surface area contributed by atoms with E-state index in [1.165, 1.54) is 0 Å². The minimum absolute atomic E-state index is 0.0566. The SMILES string of the molecule is NNc1ccc2c(c1)OCC(=O)N2. The number of rotatable bonds is 1. The Labute approximate surface area is 74.8 Å². The van der Waals surface area contributed by atoms with Crippen molar-refractivity contribution in [3.8, 4) is 5.75 Å². The number of carbonyl (C=O) groups excluding carboxylic acids is 1. The van der Waals surface area contributed by atoms with E-state index in [0.717, 1.165) is 5.69 Å². The minimum atomic E-state index is -0.138. The number of carbonyl (C=O) groups is 1. The average molecular weight is 179 g/mol. The summed E-state index contributed by atoms with van der Waals surface area (Å²) in [6.07, 6.45) is 0. The van der Waals surface area contributed by atoms with Gasteiger partial charge in [-0.25, -0.2) is 0 Å². The van der Waals surface area contributed by atoms with Crippen molar-refractivity contribution >= 4 is 17.3 Å². The summed E-state index contributed by atoms with van der Waals surface area (Å²) in [5.41, 5.74) is 3.92. The molecule has 68 valence electrons. The molecule has 1 aromatic rings. The third-order valence-corrected chi connectivity index (χ3v) is 1.78. The summed E-state index contributed by atoms with van der Waals surface area (Å²) in [5, 5.41) is 2.68. The van der Waals surface area contributed by atoms with Gasteiger partial charge in [-0.05, 0) is 12.1 Å². The summed E-state index contributed by atoms with van der Waals surface area (Å²) in [6, 6.07) is 5.23. The van der Waals surface area contributed by atoms with Gasteiger partial charge in [-0.3, -0.25) is 10.6 Å². The molecule has 4 N–H and O–H groups in total. The highest BCUT2D eigenvalue weighted by Gasteiger charge is 2.15. The number of nitrogens with one attached hydrogen (secondary N) is 2. The maximum atomic E-state index is 10.9. The standard InChI is InChI=1S/C8H9N3O2/c9-11-5-1-2-6-7(3-5)13-4-8(12)10-6/h1-3,11H,4,9H2,(H,10,12). The number of nitrogen functional groups attached to an aromatic ring is 1. The van der Waals surface area contributed by atoms with Crippen molar-refractivity contribution in [2.24, 2.45) is 5.84 Å². The lowest BCUT2D eigenvalue weighted by atomic mass is 10.2. The van der Waals surface area contributed by atoms with Gasteiger partial charge >= 0.3 is 0 Å². The van der Waals surface area contributed by atoms with E-state index in [1.807, 2.05) is 0 Å². The molecule has 1 aliphatic rings. The van der Waals surface area contributed by atoms with Crippen molar-refractivity contribution in [1.29, 1.82) is 0 Å². The number of hydrogen-bond acceptors (Lipinski definition) is 4. The van der Waals surface area contributed by atoms with Gasteiger partial charge in [-0.2, -0.15) is 0 Å². The lowest BCUT2D eigenvalue weighted by Gasteiger charge is -2.18. The van der Waals surface area contributed by atoms with Gasteiger partial charge < -0.3 is 15.5 Å². The predicted octanol–water partition coefficient (Wildman–Crippen LogP) is 0.303. The van der Waals surface area contributed by atoms with Crippen LogP contribution in [-0.4, -0.2) is 12.5 Å². The largest absolute Gasteiger partial charge is 0.482 e. The van der Waals surface area contributed by atoms with Gasteiger partial charge in [-0.15, -0.1) is 0 Å². The molecule has 1 aliphatic heterocycles. The zero-order valence-electron chi connectivity index (χ0n) is 6.83. The van der Waals surface area contributed by atoms with Crippen LogP contribution in [-0.2, 0) is 4.79 Å². The molecule has 5 heteroatoms. The maximum absolute atomic E-state index is 10.9. The number of hydrogen-bond donors (Lipinski definition) is 3. The van der Waals surface area contributed by atoms with Gasteiger partial charge in [0.2, 0.25) is 0 Å². The molecule has 1 aromatic carbocycles. The molecule has 2 rings (SSSR count). The quantitative estimate of drug-likeness (QED) is 0.428. The molecule has 5 nitrogen and oxygen atoms in total. The fraction of sp³-hybridized carbons (Fsp3) is 0.125. The molecule has 0 aromatic heterocycles. The fourth-order valence-corrected chi connectivity index (χ4v) is 1.16. The van der Waals surface area contributed by atoms with Crippen LogP contribution in [0.3, 0.4) is 0 Å². The monoisotopic (exact) mass is 179 g/mol. The lowest BCUT2D eigenvalue weighted by Crippen LogP contribution is -2.25. The minimum Gasteiger partial charge on any atom is -0.482 e. The van der Waals surface area contributed by atoms with Crippen LogP contribution in [0.5, 0.6) is 5.75 Å². The number of ether oxygens (including phenoxy) is 1. The summed E-state index contributed by atoms with van der Waals surface area (Å²) in [7, 11) is 0. The van der Waals surface area contributed by atoms with Crippen molar-refractivity contribution in [3.63, 3.8) is 0 Å². The Morgan fingerprint density at radius 3 is 3.15 bits per heavy atom. The first-order valence-corrected chi connectivity index (χ1v) is 3.83. The van der Waals surface area contributed by atoms with Crippen molar-refractivity contribution < 1.29 is 9.53 Å². The third kappa shape index (κ3) is 1.41. The number of hydrazine groups is 1. The molecule has 1 heterocycles. The van der Waals surface area contributed by atoms with E-state index in [4.69, 9.17) is 10.6 Å². The van der Waals surface area contributed by atoms with Crippen LogP contribution in [0, 0.1) is 0 Å². The van der Waals surface area contributed by atoms with Crippen LogP contribution in [0.2, 0.25) is 0 Å². The van der Waals surface area contributed by atoms with Crippen LogP contribution >= 0.6 is 0 Å². The molecule has 1 amide bonds. The van der Waals surface area contributed by atoms with Crippen LogP contribution in [0.25, 0.3) is 0 Å². The Bertz CT molecular complexity index is 351. The zero-order chi connectivity index (χ0) is 9.26. The normalized spacial score (nSPS) is 14.1. The van der Waals surface area contributed by atoms with Crippen LogP contribution < -0.4 is 21.3 Å². The van der Waals surface area contributed by atoms with Crippen LogP contribution in [0.4, 0.5) is 11.4 Å². The van der Waals surface area contributed by atoms with E-state index in [0.29, 0.717) is 11.4 Å². The first-order valence-electron chi connectivity index (χ1n) is 3.83. The fourth-order valence-electron chi connectivity index (χ4n) is 1.16. The number of nitrogens with two attached hydrogens (primary N) is 1. The Morgan fingerprint density at radius 2 is 2.38 bits per heavy atom. The van der Waals surface area contributed by atoms with Gasteiger partial charge in [0.1, 0.15) is 5.75 Å². The number of fused-ring (bicyclic) bond motifs is 1. The van der Waals surface area contributed by atoms with Crippen LogP contribution in [0.1, 0.15) is 0 Å². The Morgan fingerprint density at radius 1 is 1.54 bits per heavy atom. The molecule has 0 aliphatic carbocycles. The topological polar surface area (TPSA) is 76.4 Å². The van der Waals surface area contributed by atoms with Gasteiger partial charge in [0.15, 0.2) is 6.61 Å². The number of amides is 1. The van der Waals surface area contributed by atoms with Gasteiger partial charge in [0, 0.05) is 6.07 Å². The van der Waals surface area contributed by atoms with E-state index in [1.54, 1.807) is 18.2 Å². The highest BCUT2D eigenvalue weighted by Crippen LogP contribution is 2.29. The van der Waals surface area contributed by atoms with E-state index >= 15 is 0 Å². The second kappa shape index (κ2) is 2.95. The van der Waals surface area contributed by atoms with Gasteiger partial charge in [0.05, 0.1) is 11.4 Å². The Hall–Kier alpha value is -1.75. The lowest BCUT2D eigenvalue weighted by molar-refractivity contribution is -0.118. The van der Waals surface area contributed by atoms with Crippen molar-refractivity contribution in [1.82, 2.24) is 0 Å². The van der Waals surface area contributed by atoms with E-state index in [2.05, 4.69) is 10.7 Å². The third-order valence-electron chi connectivity index (χ3n) is 1.78. The molecule has 0 bridgehead atoms. The first kappa shape index (κ1) is 7.88. The molecular formula is C8H9N3O2. The predicted molar refractivity (Wildman–Crippen MR) is 48.4 cm³/mol.